The average Bonchev–Trinajstić information content (AvgIpc) is 2.27. The molecule has 0 aliphatic rings. The van der Waals surface area contributed by atoms with Crippen LogP contribution in [0.1, 0.15) is 25.3 Å². The highest BCUT2D eigenvalue weighted by Crippen LogP contribution is 2.36. The molecular weight excluding hydrogens is 290 g/mol. The topological polar surface area (TPSA) is 87.5 Å². The van der Waals surface area contributed by atoms with Crippen LogP contribution in [-0.4, -0.2) is 27.1 Å². The van der Waals surface area contributed by atoms with Gasteiger partial charge in [0.2, 0.25) is 0 Å². The lowest BCUT2D eigenvalue weighted by atomic mass is 9.75. The van der Waals surface area contributed by atoms with Crippen LogP contribution in [0.2, 0.25) is 0 Å². The minimum atomic E-state index is -1.87. The molecule has 0 saturated heterocycles. The van der Waals surface area contributed by atoms with Gasteiger partial charge in [0.1, 0.15) is 4.60 Å². The van der Waals surface area contributed by atoms with Gasteiger partial charge in [-0.3, -0.25) is 9.59 Å². The number of rotatable bonds is 4. The number of nitrogens with zero attached hydrogens (tertiary/aromatic N) is 1. The molecule has 0 saturated carbocycles. The predicted molar refractivity (Wildman–Crippen MR) is 63.7 cm³/mol. The number of halogens is 1. The Hall–Kier alpha value is -1.43. The van der Waals surface area contributed by atoms with Gasteiger partial charge >= 0.3 is 11.9 Å². The molecule has 1 aromatic heterocycles. The Morgan fingerprint density at radius 2 is 1.88 bits per heavy atom. The predicted octanol–water partition coefficient (Wildman–Crippen LogP) is 2.12. The molecule has 1 aromatic rings. The fraction of sp³-hybridized carbons (Fsp3) is 0.364. The summed E-state index contributed by atoms with van der Waals surface area (Å²) in [6.07, 6.45) is 1.47. The average molecular weight is 302 g/mol. The van der Waals surface area contributed by atoms with E-state index in [1.807, 2.05) is 0 Å². The first-order valence-electron chi connectivity index (χ1n) is 4.88. The summed E-state index contributed by atoms with van der Waals surface area (Å²) >= 11 is 3.16. The lowest BCUT2D eigenvalue weighted by molar-refractivity contribution is -0.164. The van der Waals surface area contributed by atoms with Crippen molar-refractivity contribution in [2.24, 2.45) is 5.41 Å². The zero-order valence-corrected chi connectivity index (χ0v) is 10.9. The molecule has 0 aromatic carbocycles. The summed E-state index contributed by atoms with van der Waals surface area (Å²) in [4.78, 5) is 26.2. The molecule has 0 aliphatic heterocycles. The van der Waals surface area contributed by atoms with Gasteiger partial charge in [0.25, 0.3) is 0 Å². The maximum Gasteiger partial charge on any atom is 0.321 e. The molecule has 1 atom stereocenters. The number of aliphatic carboxylic acids is 2. The van der Waals surface area contributed by atoms with Crippen LogP contribution < -0.4 is 0 Å². The third-order valence-electron chi connectivity index (χ3n) is 3.00. The number of hydrogen-bond donors (Lipinski definition) is 2. The minimum absolute atomic E-state index is 0.570. The zero-order chi connectivity index (χ0) is 13.2. The second-order valence-electron chi connectivity index (χ2n) is 3.95. The van der Waals surface area contributed by atoms with Gasteiger partial charge in [-0.2, -0.15) is 0 Å². The van der Waals surface area contributed by atoms with Crippen molar-refractivity contribution >= 4 is 27.9 Å². The van der Waals surface area contributed by atoms with Crippen LogP contribution in [0, 0.1) is 5.41 Å². The Balaban J connectivity index is 3.17. The van der Waals surface area contributed by atoms with Gasteiger partial charge in [-0.15, -0.1) is 0 Å². The summed E-state index contributed by atoms with van der Waals surface area (Å²) in [6.45, 7) is 2.76. The molecular formula is C11H12BrNO4. The van der Waals surface area contributed by atoms with Crippen molar-refractivity contribution in [3.8, 4) is 0 Å². The van der Waals surface area contributed by atoms with E-state index >= 15 is 0 Å². The molecule has 0 radical (unpaired) electrons. The fourth-order valence-electron chi connectivity index (χ4n) is 1.44. The Morgan fingerprint density at radius 3 is 2.24 bits per heavy atom. The zero-order valence-electron chi connectivity index (χ0n) is 9.35. The molecule has 0 bridgehead atoms. The van der Waals surface area contributed by atoms with Crippen molar-refractivity contribution in [1.82, 2.24) is 4.98 Å². The van der Waals surface area contributed by atoms with Gasteiger partial charge in [-0.05, 0) is 34.5 Å². The highest BCUT2D eigenvalue weighted by Gasteiger charge is 2.47. The van der Waals surface area contributed by atoms with Crippen molar-refractivity contribution in [1.29, 1.82) is 0 Å². The second kappa shape index (κ2) is 4.83. The SMILES string of the molecule is C[C@H](c1ccc(Br)nc1)C(C)(C(=O)O)C(=O)O. The summed E-state index contributed by atoms with van der Waals surface area (Å²) < 4.78 is 0.612. The van der Waals surface area contributed by atoms with Crippen LogP contribution in [0.3, 0.4) is 0 Å². The number of carboxylic acids is 2. The smallest absolute Gasteiger partial charge is 0.321 e. The Bertz CT molecular complexity index is 429. The molecule has 17 heavy (non-hydrogen) atoms. The van der Waals surface area contributed by atoms with E-state index in [0.717, 1.165) is 0 Å². The third kappa shape index (κ3) is 2.46. The van der Waals surface area contributed by atoms with Crippen molar-refractivity contribution in [2.45, 2.75) is 19.8 Å². The van der Waals surface area contributed by atoms with Gasteiger partial charge < -0.3 is 10.2 Å². The van der Waals surface area contributed by atoms with E-state index in [2.05, 4.69) is 20.9 Å². The first kappa shape index (κ1) is 13.6. The summed E-state index contributed by atoms with van der Waals surface area (Å²) in [5.41, 5.74) is -1.30. The van der Waals surface area contributed by atoms with Crippen molar-refractivity contribution < 1.29 is 19.8 Å². The highest BCUT2D eigenvalue weighted by molar-refractivity contribution is 9.10. The fourth-order valence-corrected chi connectivity index (χ4v) is 1.67. The van der Waals surface area contributed by atoms with E-state index in [1.165, 1.54) is 13.1 Å². The van der Waals surface area contributed by atoms with Crippen LogP contribution in [0.4, 0.5) is 0 Å². The molecule has 2 N–H and O–H groups in total. The van der Waals surface area contributed by atoms with E-state index in [-0.39, 0.29) is 0 Å². The maximum atomic E-state index is 11.1. The lowest BCUT2D eigenvalue weighted by Gasteiger charge is -2.27. The molecule has 0 spiro atoms. The number of hydrogen-bond acceptors (Lipinski definition) is 3. The quantitative estimate of drug-likeness (QED) is 0.657. The van der Waals surface area contributed by atoms with Crippen LogP contribution in [0.25, 0.3) is 0 Å². The van der Waals surface area contributed by atoms with Crippen molar-refractivity contribution in [3.63, 3.8) is 0 Å². The largest absolute Gasteiger partial charge is 0.480 e. The molecule has 92 valence electrons. The van der Waals surface area contributed by atoms with Crippen molar-refractivity contribution in [3.05, 3.63) is 28.5 Å². The first-order valence-corrected chi connectivity index (χ1v) is 5.67. The number of pyridine rings is 1. The Labute approximate surface area is 107 Å². The van der Waals surface area contributed by atoms with Crippen LogP contribution in [0.5, 0.6) is 0 Å². The van der Waals surface area contributed by atoms with E-state index < -0.39 is 23.3 Å². The molecule has 1 heterocycles. The first-order chi connectivity index (χ1) is 7.80. The van der Waals surface area contributed by atoms with Gasteiger partial charge in [0.15, 0.2) is 5.41 Å². The highest BCUT2D eigenvalue weighted by atomic mass is 79.9. The molecule has 0 aliphatic carbocycles. The molecule has 0 unspecified atom stereocenters. The maximum absolute atomic E-state index is 11.1. The van der Waals surface area contributed by atoms with Crippen LogP contribution >= 0.6 is 15.9 Å². The van der Waals surface area contributed by atoms with Crippen LogP contribution in [0.15, 0.2) is 22.9 Å². The standard InChI is InChI=1S/C11H12BrNO4/c1-6(7-3-4-8(12)13-5-7)11(2,9(14)15)10(16)17/h3-6H,1-2H3,(H,14,15)(H,16,17)/t6-/m1/s1. The molecule has 0 amide bonds. The van der Waals surface area contributed by atoms with E-state index in [4.69, 9.17) is 10.2 Å². The third-order valence-corrected chi connectivity index (χ3v) is 3.47. The second-order valence-corrected chi connectivity index (χ2v) is 4.76. The molecule has 0 fully saturated rings. The number of aromatic nitrogens is 1. The monoisotopic (exact) mass is 301 g/mol. The summed E-state index contributed by atoms with van der Waals surface area (Å²) in [5, 5.41) is 18.2. The molecule has 5 nitrogen and oxygen atoms in total. The molecule has 6 heteroatoms. The van der Waals surface area contributed by atoms with Gasteiger partial charge in [-0.1, -0.05) is 13.0 Å². The number of carbonyl (C=O) groups is 2. The van der Waals surface area contributed by atoms with Crippen LogP contribution in [-0.2, 0) is 9.59 Å². The lowest BCUT2D eigenvalue weighted by Crippen LogP contribution is -2.40. The summed E-state index contributed by atoms with van der Waals surface area (Å²) in [7, 11) is 0. The summed E-state index contributed by atoms with van der Waals surface area (Å²) in [6, 6.07) is 3.31. The summed E-state index contributed by atoms with van der Waals surface area (Å²) in [5.74, 6) is -3.40. The van der Waals surface area contributed by atoms with E-state index in [0.29, 0.717) is 10.2 Å². The van der Waals surface area contributed by atoms with E-state index in [1.54, 1.807) is 19.1 Å². The van der Waals surface area contributed by atoms with Crippen molar-refractivity contribution in [2.75, 3.05) is 0 Å². The minimum Gasteiger partial charge on any atom is -0.480 e. The van der Waals surface area contributed by atoms with Gasteiger partial charge in [0, 0.05) is 12.1 Å². The van der Waals surface area contributed by atoms with Gasteiger partial charge in [0.05, 0.1) is 0 Å². The molecule has 1 rings (SSSR count). The normalized spacial score (nSPS) is 13.1. The Morgan fingerprint density at radius 1 is 1.35 bits per heavy atom. The number of carboxylic acid groups (broad SMARTS) is 2. The van der Waals surface area contributed by atoms with E-state index in [9.17, 15) is 9.59 Å². The van der Waals surface area contributed by atoms with Gasteiger partial charge in [-0.25, -0.2) is 4.98 Å². The Kier molecular flexibility index (Phi) is 3.87.